The lowest BCUT2D eigenvalue weighted by Gasteiger charge is -2.09. The first-order valence-electron chi connectivity index (χ1n) is 8.06. The van der Waals surface area contributed by atoms with Crippen LogP contribution in [0, 0.1) is 0 Å². The maximum Gasteiger partial charge on any atom is 0.265 e. The van der Waals surface area contributed by atoms with E-state index in [1.165, 1.54) is 4.40 Å². The number of hydrogen-bond donors (Lipinski definition) is 1. The summed E-state index contributed by atoms with van der Waals surface area (Å²) in [5.41, 5.74) is 1.90. The monoisotopic (exact) mass is 363 g/mol. The SMILES string of the molecule is O=C(NCc1ccccc1)c1cccn2c(=O)c3cc(Cl)ccc3nc12. The molecule has 2 heterocycles. The minimum atomic E-state index is -0.285. The molecule has 26 heavy (non-hydrogen) atoms. The predicted molar refractivity (Wildman–Crippen MR) is 102 cm³/mol. The third-order valence-corrected chi connectivity index (χ3v) is 4.38. The lowest BCUT2D eigenvalue weighted by molar-refractivity contribution is 0.0952. The Balaban J connectivity index is 1.78. The Hall–Kier alpha value is -3.18. The van der Waals surface area contributed by atoms with Gasteiger partial charge in [-0.05, 0) is 35.9 Å². The van der Waals surface area contributed by atoms with Crippen molar-refractivity contribution < 1.29 is 4.79 Å². The molecule has 0 saturated carbocycles. The van der Waals surface area contributed by atoms with Gasteiger partial charge in [-0.3, -0.25) is 14.0 Å². The van der Waals surface area contributed by atoms with Crippen molar-refractivity contribution in [3.8, 4) is 0 Å². The average molecular weight is 364 g/mol. The number of nitrogens with one attached hydrogen (secondary N) is 1. The highest BCUT2D eigenvalue weighted by Crippen LogP contribution is 2.17. The first-order valence-corrected chi connectivity index (χ1v) is 8.44. The van der Waals surface area contributed by atoms with E-state index in [0.717, 1.165) is 5.56 Å². The standard InChI is InChI=1S/C20H14ClN3O2/c21-14-8-9-17-16(11-14)20(26)24-10-4-7-15(18(24)23-17)19(25)22-12-13-5-2-1-3-6-13/h1-11H,12H2,(H,22,25). The highest BCUT2D eigenvalue weighted by molar-refractivity contribution is 6.31. The smallest absolute Gasteiger partial charge is 0.265 e. The van der Waals surface area contributed by atoms with Gasteiger partial charge in [0.15, 0.2) is 5.65 Å². The molecule has 0 saturated heterocycles. The van der Waals surface area contributed by atoms with Gasteiger partial charge >= 0.3 is 0 Å². The fraction of sp³-hybridized carbons (Fsp3) is 0.0500. The summed E-state index contributed by atoms with van der Waals surface area (Å²) in [6.45, 7) is 0.397. The number of pyridine rings is 1. The van der Waals surface area contributed by atoms with Crippen molar-refractivity contribution in [1.29, 1.82) is 0 Å². The molecule has 2 aromatic heterocycles. The van der Waals surface area contributed by atoms with Gasteiger partial charge in [0.25, 0.3) is 11.5 Å². The molecule has 0 bridgehead atoms. The Kier molecular flexibility index (Phi) is 4.14. The molecule has 0 aliphatic carbocycles. The Morgan fingerprint density at radius 1 is 1.08 bits per heavy atom. The molecule has 0 radical (unpaired) electrons. The van der Waals surface area contributed by atoms with Gasteiger partial charge in [0.1, 0.15) is 0 Å². The van der Waals surface area contributed by atoms with Gasteiger partial charge in [-0.15, -0.1) is 0 Å². The van der Waals surface area contributed by atoms with Crippen molar-refractivity contribution in [3.63, 3.8) is 0 Å². The Morgan fingerprint density at radius 2 is 1.88 bits per heavy atom. The van der Waals surface area contributed by atoms with Crippen LogP contribution in [0.1, 0.15) is 15.9 Å². The molecule has 1 amide bonds. The first-order chi connectivity index (χ1) is 12.6. The first kappa shape index (κ1) is 16.3. The molecule has 4 aromatic rings. The zero-order valence-electron chi connectivity index (χ0n) is 13.6. The van der Waals surface area contributed by atoms with Gasteiger partial charge < -0.3 is 5.32 Å². The minimum absolute atomic E-state index is 0.259. The summed E-state index contributed by atoms with van der Waals surface area (Å²) in [5.74, 6) is -0.285. The molecule has 0 atom stereocenters. The summed E-state index contributed by atoms with van der Waals surface area (Å²) in [7, 11) is 0. The third kappa shape index (κ3) is 2.93. The molecule has 0 unspecified atom stereocenters. The maximum atomic E-state index is 12.7. The number of rotatable bonds is 3. The van der Waals surface area contributed by atoms with Crippen LogP contribution in [-0.2, 0) is 6.54 Å². The average Bonchev–Trinajstić information content (AvgIpc) is 2.67. The van der Waals surface area contributed by atoms with E-state index in [0.29, 0.717) is 33.7 Å². The molecule has 0 aliphatic rings. The van der Waals surface area contributed by atoms with Gasteiger partial charge in [0.2, 0.25) is 0 Å². The second-order valence-electron chi connectivity index (χ2n) is 5.86. The summed E-state index contributed by atoms with van der Waals surface area (Å²) in [6.07, 6.45) is 1.60. The quantitative estimate of drug-likeness (QED) is 0.567. The van der Waals surface area contributed by atoms with Crippen molar-refractivity contribution in [2.45, 2.75) is 6.54 Å². The normalized spacial score (nSPS) is 11.0. The minimum Gasteiger partial charge on any atom is -0.348 e. The molecule has 0 spiro atoms. The van der Waals surface area contributed by atoms with E-state index in [9.17, 15) is 9.59 Å². The molecule has 6 heteroatoms. The number of hydrogen-bond acceptors (Lipinski definition) is 3. The number of fused-ring (bicyclic) bond motifs is 2. The van der Waals surface area contributed by atoms with Crippen LogP contribution < -0.4 is 10.9 Å². The fourth-order valence-electron chi connectivity index (χ4n) is 2.85. The van der Waals surface area contributed by atoms with E-state index in [1.807, 2.05) is 30.3 Å². The molecule has 128 valence electrons. The summed E-state index contributed by atoms with van der Waals surface area (Å²) in [6, 6.07) is 17.9. The molecular formula is C20H14ClN3O2. The number of nitrogens with zero attached hydrogens (tertiary/aromatic N) is 2. The zero-order valence-corrected chi connectivity index (χ0v) is 14.4. The predicted octanol–water partition coefficient (Wildman–Crippen LogP) is 3.43. The molecule has 4 rings (SSSR count). The van der Waals surface area contributed by atoms with Crippen LogP contribution in [0.2, 0.25) is 5.02 Å². The second-order valence-corrected chi connectivity index (χ2v) is 6.30. The molecular weight excluding hydrogens is 350 g/mol. The van der Waals surface area contributed by atoms with Gasteiger partial charge in [0.05, 0.1) is 16.5 Å². The molecule has 0 aliphatic heterocycles. The van der Waals surface area contributed by atoms with Crippen LogP contribution in [0.5, 0.6) is 0 Å². The highest BCUT2D eigenvalue weighted by atomic mass is 35.5. The number of benzene rings is 2. The van der Waals surface area contributed by atoms with Gasteiger partial charge in [-0.2, -0.15) is 0 Å². The molecule has 0 fully saturated rings. The van der Waals surface area contributed by atoms with Crippen LogP contribution >= 0.6 is 11.6 Å². The van der Waals surface area contributed by atoms with Crippen LogP contribution in [0.15, 0.2) is 71.7 Å². The van der Waals surface area contributed by atoms with Crippen molar-refractivity contribution in [2.75, 3.05) is 0 Å². The Bertz CT molecular complexity index is 1190. The van der Waals surface area contributed by atoms with E-state index in [2.05, 4.69) is 10.3 Å². The maximum absolute atomic E-state index is 12.7. The number of carbonyl (C=O) groups is 1. The fourth-order valence-corrected chi connectivity index (χ4v) is 3.02. The van der Waals surface area contributed by atoms with Crippen LogP contribution in [0.4, 0.5) is 0 Å². The summed E-state index contributed by atoms with van der Waals surface area (Å²) < 4.78 is 1.37. The van der Waals surface area contributed by atoms with Crippen LogP contribution in [-0.4, -0.2) is 15.3 Å². The number of aromatic nitrogens is 2. The van der Waals surface area contributed by atoms with Gasteiger partial charge in [-0.25, -0.2) is 4.98 Å². The Morgan fingerprint density at radius 3 is 2.69 bits per heavy atom. The topological polar surface area (TPSA) is 63.5 Å². The zero-order chi connectivity index (χ0) is 18.1. The number of amides is 1. The summed E-state index contributed by atoms with van der Waals surface area (Å²) >= 11 is 5.98. The van der Waals surface area contributed by atoms with Gasteiger partial charge in [-0.1, -0.05) is 41.9 Å². The third-order valence-electron chi connectivity index (χ3n) is 4.14. The number of halogens is 1. The van der Waals surface area contributed by atoms with Crippen molar-refractivity contribution in [1.82, 2.24) is 14.7 Å². The van der Waals surface area contributed by atoms with E-state index in [4.69, 9.17) is 11.6 Å². The lowest BCUT2D eigenvalue weighted by atomic mass is 10.2. The Labute approximate surface area is 153 Å². The molecule has 5 nitrogen and oxygen atoms in total. The van der Waals surface area contributed by atoms with E-state index < -0.39 is 0 Å². The van der Waals surface area contributed by atoms with Crippen molar-refractivity contribution >= 4 is 34.1 Å². The molecule has 1 N–H and O–H groups in total. The second kappa shape index (κ2) is 6.61. The van der Waals surface area contributed by atoms with E-state index >= 15 is 0 Å². The molecule has 2 aromatic carbocycles. The summed E-state index contributed by atoms with van der Waals surface area (Å²) in [4.78, 5) is 29.9. The number of carbonyl (C=O) groups excluding carboxylic acids is 1. The van der Waals surface area contributed by atoms with Crippen LogP contribution in [0.3, 0.4) is 0 Å². The highest BCUT2D eigenvalue weighted by Gasteiger charge is 2.14. The van der Waals surface area contributed by atoms with E-state index in [1.54, 1.807) is 36.5 Å². The van der Waals surface area contributed by atoms with E-state index in [-0.39, 0.29) is 11.5 Å². The largest absolute Gasteiger partial charge is 0.348 e. The van der Waals surface area contributed by atoms with Gasteiger partial charge in [0, 0.05) is 17.8 Å². The van der Waals surface area contributed by atoms with Crippen LogP contribution in [0.25, 0.3) is 16.6 Å². The summed E-state index contributed by atoms with van der Waals surface area (Å²) in [5, 5.41) is 3.75. The van der Waals surface area contributed by atoms with Crippen molar-refractivity contribution in [3.05, 3.63) is 93.4 Å². The van der Waals surface area contributed by atoms with Crippen molar-refractivity contribution in [2.24, 2.45) is 0 Å². The lowest BCUT2D eigenvalue weighted by Crippen LogP contribution is -2.25.